The highest BCUT2D eigenvalue weighted by Gasteiger charge is 2.38. The number of nitrogens with zero attached hydrogens (tertiary/aromatic N) is 2. The van der Waals surface area contributed by atoms with Crippen molar-refractivity contribution in [2.75, 3.05) is 4.90 Å². The lowest BCUT2D eigenvalue weighted by Crippen LogP contribution is -2.40. The Kier molecular flexibility index (Phi) is 9.88. The van der Waals surface area contributed by atoms with Gasteiger partial charge in [-0.1, -0.05) is 192 Å². The Morgan fingerprint density at radius 3 is 1.78 bits per heavy atom. The standard InChI is InChI=1S/C65H39B3N2O3S/c1-35-17-16-29-46-51(35)44-27-12-13-28-45(44)52(36-18-4-2-5-19-36)54(46)55-56(66)58(68)59-64(57(55)67)74-65-60(70(59)50-34-37-20-8-9-23-40(37)41-24-10-11-25-42(41)50)63(73)61(71)53(62(65)72)38-31-32-49-47(33-38)43-26-14-15-30-48(43)69(49)39-21-6-3-7-22-39/h2-34,71-73H,1H3. The largest absolute Gasteiger partial charge is 0.506 e. The molecule has 6 radical (unpaired) electrons. The van der Waals surface area contributed by atoms with Gasteiger partial charge in [0.1, 0.15) is 35.0 Å². The molecule has 3 N–H and O–H groups in total. The van der Waals surface area contributed by atoms with Gasteiger partial charge < -0.3 is 24.8 Å². The quantitative estimate of drug-likeness (QED) is 0.0694. The second kappa shape index (κ2) is 16.6. The molecule has 0 fully saturated rings. The van der Waals surface area contributed by atoms with E-state index < -0.39 is 11.5 Å². The second-order valence-electron chi connectivity index (χ2n) is 19.1. The molecule has 2 heterocycles. The number of hydrogen-bond acceptors (Lipinski definition) is 5. The van der Waals surface area contributed by atoms with Crippen molar-refractivity contribution >= 4 is 134 Å². The van der Waals surface area contributed by atoms with E-state index in [-0.39, 0.29) is 32.8 Å². The normalized spacial score (nSPS) is 12.4. The average Bonchev–Trinajstić information content (AvgIpc) is 3.78. The molecule has 0 saturated carbocycles. The van der Waals surface area contributed by atoms with E-state index in [9.17, 15) is 15.3 Å². The minimum atomic E-state index is -0.492. The number of fused-ring (bicyclic) bond motifs is 11. The van der Waals surface area contributed by atoms with E-state index in [1.807, 2.05) is 114 Å². The molecule has 1 aliphatic heterocycles. The number of aryl methyl sites for hydroxylation is 1. The maximum atomic E-state index is 13.1. The van der Waals surface area contributed by atoms with Gasteiger partial charge in [-0.25, -0.2) is 0 Å². The molecular weight excluding hydrogens is 921 g/mol. The number of aromatic hydroxyl groups is 3. The highest BCUT2D eigenvalue weighted by molar-refractivity contribution is 8.00. The molecule has 13 aromatic rings. The van der Waals surface area contributed by atoms with Crippen LogP contribution in [0.1, 0.15) is 5.56 Å². The van der Waals surface area contributed by atoms with Crippen LogP contribution in [0.5, 0.6) is 17.2 Å². The van der Waals surface area contributed by atoms with Gasteiger partial charge in [-0.15, -0.1) is 0 Å². The van der Waals surface area contributed by atoms with Crippen LogP contribution in [-0.2, 0) is 0 Å². The SMILES string of the molecule is [B]c1c([B])c2c(c([B])c1-c1c(-c3ccccc3)c3ccccc3c3c(C)cccc13)Sc1c(O)c(-c3ccc4c(c3)c3ccccc3n4-c3ccccc3)c(O)c(O)c1N2c1cc2ccccc2c2ccccc12. The van der Waals surface area contributed by atoms with Gasteiger partial charge in [-0.3, -0.25) is 0 Å². The molecule has 5 nitrogen and oxygen atoms in total. The van der Waals surface area contributed by atoms with Crippen LogP contribution in [0, 0.1) is 6.92 Å². The van der Waals surface area contributed by atoms with E-state index in [1.54, 1.807) is 0 Å². The zero-order valence-corrected chi connectivity index (χ0v) is 40.7. The van der Waals surface area contributed by atoms with Crippen molar-refractivity contribution < 1.29 is 15.3 Å². The molecule has 1 aliphatic rings. The summed E-state index contributed by atoms with van der Waals surface area (Å²) < 4.78 is 2.21. The Labute approximate surface area is 434 Å². The van der Waals surface area contributed by atoms with Crippen LogP contribution in [0.4, 0.5) is 17.1 Å². The molecule has 0 bridgehead atoms. The number of anilines is 3. The van der Waals surface area contributed by atoms with E-state index in [0.717, 1.165) is 92.8 Å². The summed E-state index contributed by atoms with van der Waals surface area (Å²) in [5.74, 6) is -1.17. The van der Waals surface area contributed by atoms with Gasteiger partial charge in [0.05, 0.1) is 32.9 Å². The van der Waals surface area contributed by atoms with Gasteiger partial charge in [-0.05, 0) is 114 Å². The molecule has 74 heavy (non-hydrogen) atoms. The third-order valence-corrected chi connectivity index (χ3v) is 16.3. The van der Waals surface area contributed by atoms with Crippen molar-refractivity contribution in [2.45, 2.75) is 16.7 Å². The van der Waals surface area contributed by atoms with Crippen LogP contribution in [-0.4, -0.2) is 43.4 Å². The molecular formula is C65H39B3N2O3S. The molecule has 0 saturated heterocycles. The van der Waals surface area contributed by atoms with Crippen molar-refractivity contribution in [3.8, 4) is 56.3 Å². The number of phenols is 3. The van der Waals surface area contributed by atoms with Gasteiger partial charge in [0.2, 0.25) is 0 Å². The summed E-state index contributed by atoms with van der Waals surface area (Å²) in [5.41, 5.74) is 9.94. The van der Waals surface area contributed by atoms with E-state index in [2.05, 4.69) is 102 Å². The predicted molar refractivity (Wildman–Crippen MR) is 312 cm³/mol. The summed E-state index contributed by atoms with van der Waals surface area (Å²) >= 11 is 1.20. The summed E-state index contributed by atoms with van der Waals surface area (Å²) in [5, 5.41) is 48.3. The fourth-order valence-electron chi connectivity index (χ4n) is 11.9. The van der Waals surface area contributed by atoms with Crippen molar-refractivity contribution in [3.63, 3.8) is 0 Å². The van der Waals surface area contributed by atoms with Gasteiger partial charge in [0.25, 0.3) is 0 Å². The summed E-state index contributed by atoms with van der Waals surface area (Å²) in [6.07, 6.45) is 0. The second-order valence-corrected chi connectivity index (χ2v) is 20.1. The molecule has 12 aromatic carbocycles. The number of rotatable bonds is 5. The van der Waals surface area contributed by atoms with Crippen molar-refractivity contribution in [3.05, 3.63) is 206 Å². The number of para-hydroxylation sites is 2. The van der Waals surface area contributed by atoms with E-state index in [0.29, 0.717) is 32.9 Å². The molecule has 9 heteroatoms. The molecule has 0 atom stereocenters. The van der Waals surface area contributed by atoms with Crippen molar-refractivity contribution in [1.82, 2.24) is 4.57 Å². The summed E-state index contributed by atoms with van der Waals surface area (Å²) in [7, 11) is 22.9. The number of hydrogen-bond donors (Lipinski definition) is 3. The first-order chi connectivity index (χ1) is 36.2. The van der Waals surface area contributed by atoms with Gasteiger partial charge in [0, 0.05) is 26.7 Å². The lowest BCUT2D eigenvalue weighted by atomic mass is 9.68. The van der Waals surface area contributed by atoms with E-state index in [1.165, 1.54) is 11.8 Å². The number of benzene rings is 12. The first-order valence-corrected chi connectivity index (χ1v) is 25.3. The molecule has 1 aromatic heterocycles. The van der Waals surface area contributed by atoms with Crippen molar-refractivity contribution in [2.24, 2.45) is 0 Å². The Balaban J connectivity index is 1.09. The van der Waals surface area contributed by atoms with Crippen LogP contribution in [0.15, 0.2) is 210 Å². The van der Waals surface area contributed by atoms with Gasteiger partial charge in [0.15, 0.2) is 11.5 Å². The van der Waals surface area contributed by atoms with Crippen LogP contribution in [0.25, 0.3) is 104 Å². The van der Waals surface area contributed by atoms with Gasteiger partial charge >= 0.3 is 0 Å². The maximum absolute atomic E-state index is 13.1. The highest BCUT2D eigenvalue weighted by Crippen LogP contribution is 2.63. The van der Waals surface area contributed by atoms with E-state index in [4.69, 9.17) is 23.5 Å². The third kappa shape index (κ3) is 6.23. The van der Waals surface area contributed by atoms with E-state index >= 15 is 0 Å². The molecule has 14 rings (SSSR count). The van der Waals surface area contributed by atoms with Crippen LogP contribution in [0.2, 0.25) is 0 Å². The predicted octanol–water partition coefficient (Wildman–Crippen LogP) is 14.1. The minimum absolute atomic E-state index is 0.0727. The van der Waals surface area contributed by atoms with Crippen LogP contribution < -0.4 is 21.3 Å². The Morgan fingerprint density at radius 1 is 0.392 bits per heavy atom. The fraction of sp³-hybridized carbons (Fsp3) is 0.0154. The fourth-order valence-corrected chi connectivity index (χ4v) is 13.1. The maximum Gasteiger partial charge on any atom is 0.184 e. The Morgan fingerprint density at radius 2 is 1.01 bits per heavy atom. The Hall–Kier alpha value is -8.78. The monoisotopic (exact) mass is 960 g/mol. The summed E-state index contributed by atoms with van der Waals surface area (Å²) in [6, 6.07) is 67.4. The summed E-state index contributed by atoms with van der Waals surface area (Å²) in [4.78, 5) is 2.63. The van der Waals surface area contributed by atoms with Crippen LogP contribution in [0.3, 0.4) is 0 Å². The lowest BCUT2D eigenvalue weighted by Gasteiger charge is -2.39. The first kappa shape index (κ1) is 44.0. The lowest BCUT2D eigenvalue weighted by molar-refractivity contribution is 0.396. The zero-order chi connectivity index (χ0) is 50.1. The Bertz CT molecular complexity index is 4560. The molecule has 0 aliphatic carbocycles. The molecule has 0 unspecified atom stereocenters. The first-order valence-electron chi connectivity index (χ1n) is 24.5. The van der Waals surface area contributed by atoms with Crippen molar-refractivity contribution in [1.29, 1.82) is 0 Å². The molecule has 342 valence electrons. The van der Waals surface area contributed by atoms with Gasteiger partial charge in [-0.2, -0.15) is 0 Å². The third-order valence-electron chi connectivity index (χ3n) is 15.1. The smallest absolute Gasteiger partial charge is 0.184 e. The average molecular weight is 961 g/mol. The molecule has 0 amide bonds. The zero-order valence-electron chi connectivity index (χ0n) is 39.9. The molecule has 0 spiro atoms. The summed E-state index contributed by atoms with van der Waals surface area (Å²) in [6.45, 7) is 2.12. The topological polar surface area (TPSA) is 68.9 Å². The highest BCUT2D eigenvalue weighted by atomic mass is 32.2. The van der Waals surface area contributed by atoms with Crippen LogP contribution >= 0.6 is 11.8 Å². The number of phenolic OH excluding ortho intramolecular Hbond substituents is 3. The minimum Gasteiger partial charge on any atom is -0.506 e. The number of aromatic nitrogens is 1.